The normalized spacial score (nSPS) is 27.8. The Morgan fingerprint density at radius 3 is 2.45 bits per heavy atom. The van der Waals surface area contributed by atoms with Gasteiger partial charge in [-0.15, -0.1) is 0 Å². The van der Waals surface area contributed by atoms with Crippen molar-refractivity contribution in [1.29, 1.82) is 0 Å². The predicted molar refractivity (Wildman–Crippen MR) is 82.8 cm³/mol. The number of nitrogens with zero attached hydrogens (tertiary/aromatic N) is 1. The molecule has 0 aliphatic carbocycles. The molecule has 3 heteroatoms. The molecule has 0 bridgehead atoms. The monoisotopic (exact) mass is 283 g/mol. The summed E-state index contributed by atoms with van der Waals surface area (Å²) in [4.78, 5) is 2.51. The van der Waals surface area contributed by atoms with E-state index >= 15 is 0 Å². The lowest BCUT2D eigenvalue weighted by molar-refractivity contribution is -0.170. The molecule has 1 unspecified atom stereocenters. The van der Waals surface area contributed by atoms with Crippen LogP contribution in [0, 0.1) is 5.41 Å². The van der Waals surface area contributed by atoms with Crippen LogP contribution in [-0.2, 0) is 9.47 Å². The van der Waals surface area contributed by atoms with E-state index in [4.69, 9.17) is 9.47 Å². The maximum atomic E-state index is 6.08. The molecule has 2 aliphatic heterocycles. The summed E-state index contributed by atoms with van der Waals surface area (Å²) in [5.41, 5.74) is 0.441. The Morgan fingerprint density at radius 1 is 1.05 bits per heavy atom. The first-order valence-corrected chi connectivity index (χ1v) is 8.61. The smallest absolute Gasteiger partial charge is 0.145 e. The number of morpholine rings is 1. The lowest BCUT2D eigenvalue weighted by atomic mass is 9.76. The standard InChI is InChI=1S/C17H33NO2/c1-4-7-16(3,8-5-2)9-6-10-17-15-19-13-11-18(17)12-14-20-17/h4-15H2,1-3H3. The van der Waals surface area contributed by atoms with E-state index in [-0.39, 0.29) is 5.72 Å². The highest BCUT2D eigenvalue weighted by Crippen LogP contribution is 2.38. The van der Waals surface area contributed by atoms with E-state index in [0.717, 1.165) is 39.3 Å². The highest BCUT2D eigenvalue weighted by atomic mass is 16.6. The molecule has 2 fully saturated rings. The molecular formula is C17H33NO2. The van der Waals surface area contributed by atoms with Crippen molar-refractivity contribution < 1.29 is 9.47 Å². The first-order chi connectivity index (χ1) is 9.64. The largest absolute Gasteiger partial charge is 0.376 e. The van der Waals surface area contributed by atoms with Crippen molar-refractivity contribution in [2.75, 3.05) is 32.9 Å². The van der Waals surface area contributed by atoms with Crippen molar-refractivity contribution in [3.8, 4) is 0 Å². The molecule has 0 aromatic rings. The van der Waals surface area contributed by atoms with E-state index in [2.05, 4.69) is 25.7 Å². The molecule has 2 aliphatic rings. The van der Waals surface area contributed by atoms with Gasteiger partial charge in [-0.3, -0.25) is 4.90 Å². The third-order valence-corrected chi connectivity index (χ3v) is 5.20. The topological polar surface area (TPSA) is 21.7 Å². The highest BCUT2D eigenvalue weighted by Gasteiger charge is 2.44. The maximum Gasteiger partial charge on any atom is 0.145 e. The van der Waals surface area contributed by atoms with Gasteiger partial charge in [0, 0.05) is 13.1 Å². The van der Waals surface area contributed by atoms with Crippen LogP contribution in [0.15, 0.2) is 0 Å². The van der Waals surface area contributed by atoms with E-state index in [1.54, 1.807) is 0 Å². The molecule has 0 spiro atoms. The van der Waals surface area contributed by atoms with Gasteiger partial charge in [-0.1, -0.05) is 33.6 Å². The highest BCUT2D eigenvalue weighted by molar-refractivity contribution is 4.89. The summed E-state index contributed by atoms with van der Waals surface area (Å²) >= 11 is 0. The fourth-order valence-corrected chi connectivity index (χ4v) is 4.17. The Bertz CT molecular complexity index is 289. The van der Waals surface area contributed by atoms with Crippen molar-refractivity contribution >= 4 is 0 Å². The molecule has 0 aromatic carbocycles. The van der Waals surface area contributed by atoms with Crippen molar-refractivity contribution in [3.63, 3.8) is 0 Å². The Balaban J connectivity index is 1.84. The number of ether oxygens (including phenoxy) is 2. The quantitative estimate of drug-likeness (QED) is 0.676. The molecule has 0 saturated carbocycles. The van der Waals surface area contributed by atoms with Gasteiger partial charge in [0.25, 0.3) is 0 Å². The van der Waals surface area contributed by atoms with Crippen LogP contribution in [0.2, 0.25) is 0 Å². The van der Waals surface area contributed by atoms with Gasteiger partial charge in [-0.2, -0.15) is 0 Å². The van der Waals surface area contributed by atoms with Crippen LogP contribution < -0.4 is 0 Å². The minimum Gasteiger partial charge on any atom is -0.376 e. The minimum absolute atomic E-state index is 0.0857. The third-order valence-electron chi connectivity index (χ3n) is 5.20. The second-order valence-electron chi connectivity index (χ2n) is 7.00. The number of fused-ring (bicyclic) bond motifs is 1. The van der Waals surface area contributed by atoms with Crippen molar-refractivity contribution in [1.82, 2.24) is 4.90 Å². The zero-order chi connectivity index (χ0) is 14.5. The van der Waals surface area contributed by atoms with Crippen LogP contribution in [0.1, 0.15) is 65.7 Å². The zero-order valence-corrected chi connectivity index (χ0v) is 13.7. The molecule has 118 valence electrons. The first kappa shape index (κ1) is 16.3. The van der Waals surface area contributed by atoms with Gasteiger partial charge in [-0.25, -0.2) is 0 Å². The fraction of sp³-hybridized carbons (Fsp3) is 1.00. The van der Waals surface area contributed by atoms with Gasteiger partial charge in [-0.05, 0) is 37.5 Å². The summed E-state index contributed by atoms with van der Waals surface area (Å²) < 4.78 is 11.8. The summed E-state index contributed by atoms with van der Waals surface area (Å²) in [5, 5.41) is 0. The lowest BCUT2D eigenvalue weighted by Crippen LogP contribution is -2.53. The van der Waals surface area contributed by atoms with E-state index in [0.29, 0.717) is 5.41 Å². The first-order valence-electron chi connectivity index (χ1n) is 8.61. The van der Waals surface area contributed by atoms with Crippen LogP contribution in [-0.4, -0.2) is 43.5 Å². The molecule has 1 atom stereocenters. The van der Waals surface area contributed by atoms with Gasteiger partial charge in [0.05, 0.1) is 19.8 Å². The molecule has 20 heavy (non-hydrogen) atoms. The molecule has 0 aromatic heterocycles. The second kappa shape index (κ2) is 7.24. The van der Waals surface area contributed by atoms with E-state index in [1.165, 1.54) is 38.5 Å². The van der Waals surface area contributed by atoms with Crippen LogP contribution in [0.3, 0.4) is 0 Å². The molecule has 2 saturated heterocycles. The van der Waals surface area contributed by atoms with E-state index in [9.17, 15) is 0 Å². The van der Waals surface area contributed by atoms with Crippen LogP contribution in [0.25, 0.3) is 0 Å². The summed E-state index contributed by atoms with van der Waals surface area (Å²) in [5.74, 6) is 0. The van der Waals surface area contributed by atoms with Crippen molar-refractivity contribution in [2.24, 2.45) is 5.41 Å². The molecule has 0 radical (unpaired) electrons. The van der Waals surface area contributed by atoms with Crippen LogP contribution >= 0.6 is 0 Å². The maximum absolute atomic E-state index is 6.08. The SMILES string of the molecule is CCCC(C)(CCC)CCCC12COCCN1CCO2. The second-order valence-corrected chi connectivity index (χ2v) is 7.00. The molecule has 2 heterocycles. The van der Waals surface area contributed by atoms with Gasteiger partial charge >= 0.3 is 0 Å². The third kappa shape index (κ3) is 3.75. The van der Waals surface area contributed by atoms with E-state index in [1.807, 2.05) is 0 Å². The Labute approximate surface area is 125 Å². The summed E-state index contributed by atoms with van der Waals surface area (Å²) in [7, 11) is 0. The van der Waals surface area contributed by atoms with Crippen LogP contribution in [0.5, 0.6) is 0 Å². The summed E-state index contributed by atoms with van der Waals surface area (Å²) in [6.07, 6.45) is 9.03. The molecule has 0 N–H and O–H groups in total. The Hall–Kier alpha value is -0.120. The molecule has 0 amide bonds. The Morgan fingerprint density at radius 2 is 1.75 bits per heavy atom. The van der Waals surface area contributed by atoms with Gasteiger partial charge in [0.2, 0.25) is 0 Å². The average Bonchev–Trinajstić information content (AvgIpc) is 2.83. The van der Waals surface area contributed by atoms with Gasteiger partial charge < -0.3 is 9.47 Å². The Kier molecular flexibility index (Phi) is 5.88. The zero-order valence-electron chi connectivity index (χ0n) is 13.7. The van der Waals surface area contributed by atoms with Gasteiger partial charge in [0.15, 0.2) is 0 Å². The van der Waals surface area contributed by atoms with Crippen LogP contribution in [0.4, 0.5) is 0 Å². The van der Waals surface area contributed by atoms with E-state index < -0.39 is 0 Å². The molecule has 2 rings (SSSR count). The molecule has 3 nitrogen and oxygen atoms in total. The van der Waals surface area contributed by atoms with Crippen molar-refractivity contribution in [3.05, 3.63) is 0 Å². The minimum atomic E-state index is -0.0857. The van der Waals surface area contributed by atoms with Gasteiger partial charge in [0.1, 0.15) is 5.72 Å². The summed E-state index contributed by atoms with van der Waals surface area (Å²) in [6, 6.07) is 0. The predicted octanol–water partition coefficient (Wildman–Crippen LogP) is 3.82. The average molecular weight is 283 g/mol. The number of hydrogen-bond acceptors (Lipinski definition) is 3. The lowest BCUT2D eigenvalue weighted by Gasteiger charge is -2.41. The number of rotatable bonds is 8. The van der Waals surface area contributed by atoms with Crippen molar-refractivity contribution in [2.45, 2.75) is 71.4 Å². The molecular weight excluding hydrogens is 250 g/mol. The summed E-state index contributed by atoms with van der Waals surface area (Å²) in [6.45, 7) is 11.7. The fourth-order valence-electron chi connectivity index (χ4n) is 4.17. The number of hydrogen-bond donors (Lipinski definition) is 0.